The number of hydrogen-bond acceptors (Lipinski definition) is 3. The fourth-order valence-electron chi connectivity index (χ4n) is 3.22. The number of rotatable bonds is 3. The van der Waals surface area contributed by atoms with Crippen molar-refractivity contribution in [1.29, 1.82) is 0 Å². The second kappa shape index (κ2) is 6.65. The van der Waals surface area contributed by atoms with Crippen molar-refractivity contribution >= 4 is 0 Å². The maximum absolute atomic E-state index is 14.0. The number of benzene rings is 1. The van der Waals surface area contributed by atoms with Gasteiger partial charge in [-0.05, 0) is 68.5 Å². The standard InChI is InChI=1S/C17H24FNO2/c1-12(18)15-10-17-16(20-6-3-7-21-17)9-14(15)8-13-4-2-5-19-11-13/h9-10,12-13,19H,2-8,11H2,1H3. The molecule has 2 aliphatic heterocycles. The van der Waals surface area contributed by atoms with E-state index in [0.29, 0.717) is 24.9 Å². The number of ether oxygens (including phenoxy) is 2. The maximum Gasteiger partial charge on any atom is 0.161 e. The molecular weight excluding hydrogens is 269 g/mol. The van der Waals surface area contributed by atoms with Gasteiger partial charge in [0.25, 0.3) is 0 Å². The fourth-order valence-corrected chi connectivity index (χ4v) is 3.22. The summed E-state index contributed by atoms with van der Waals surface area (Å²) >= 11 is 0. The Hall–Kier alpha value is -1.29. The zero-order chi connectivity index (χ0) is 14.7. The predicted molar refractivity (Wildman–Crippen MR) is 80.9 cm³/mol. The summed E-state index contributed by atoms with van der Waals surface area (Å²) < 4.78 is 25.4. The molecule has 1 aromatic rings. The quantitative estimate of drug-likeness (QED) is 0.926. The lowest BCUT2D eigenvalue weighted by molar-refractivity contribution is 0.296. The molecule has 0 saturated carbocycles. The summed E-state index contributed by atoms with van der Waals surface area (Å²) in [6, 6.07) is 3.84. The monoisotopic (exact) mass is 293 g/mol. The lowest BCUT2D eigenvalue weighted by Gasteiger charge is -2.24. The smallest absolute Gasteiger partial charge is 0.161 e. The van der Waals surface area contributed by atoms with Crippen molar-refractivity contribution in [1.82, 2.24) is 5.32 Å². The number of alkyl halides is 1. The van der Waals surface area contributed by atoms with Gasteiger partial charge in [-0.2, -0.15) is 0 Å². The second-order valence-corrected chi connectivity index (χ2v) is 6.08. The number of nitrogens with one attached hydrogen (secondary N) is 1. The first-order chi connectivity index (χ1) is 10.2. The van der Waals surface area contributed by atoms with Gasteiger partial charge >= 0.3 is 0 Å². The first-order valence-corrected chi connectivity index (χ1v) is 8.01. The van der Waals surface area contributed by atoms with Gasteiger partial charge in [-0.3, -0.25) is 0 Å². The zero-order valence-electron chi connectivity index (χ0n) is 12.7. The van der Waals surface area contributed by atoms with E-state index in [0.717, 1.165) is 42.8 Å². The lowest BCUT2D eigenvalue weighted by Crippen LogP contribution is -2.31. The van der Waals surface area contributed by atoms with E-state index in [-0.39, 0.29) is 0 Å². The van der Waals surface area contributed by atoms with Crippen LogP contribution in [0.3, 0.4) is 0 Å². The van der Waals surface area contributed by atoms with Crippen molar-refractivity contribution in [2.45, 2.75) is 38.8 Å². The number of fused-ring (bicyclic) bond motifs is 1. The third-order valence-corrected chi connectivity index (χ3v) is 4.35. The lowest BCUT2D eigenvalue weighted by atomic mass is 9.89. The molecule has 1 saturated heterocycles. The summed E-state index contributed by atoms with van der Waals surface area (Å²) in [6.45, 7) is 5.03. The van der Waals surface area contributed by atoms with E-state index < -0.39 is 6.17 Å². The van der Waals surface area contributed by atoms with E-state index in [1.807, 2.05) is 12.1 Å². The zero-order valence-corrected chi connectivity index (χ0v) is 12.7. The van der Waals surface area contributed by atoms with E-state index in [4.69, 9.17) is 9.47 Å². The highest BCUT2D eigenvalue weighted by Gasteiger charge is 2.21. The molecule has 21 heavy (non-hydrogen) atoms. The Morgan fingerprint density at radius 3 is 2.67 bits per heavy atom. The largest absolute Gasteiger partial charge is 0.490 e. The van der Waals surface area contributed by atoms with Gasteiger partial charge in [-0.15, -0.1) is 0 Å². The number of hydrogen-bond donors (Lipinski definition) is 1. The Bertz CT molecular complexity index is 484. The van der Waals surface area contributed by atoms with Crippen LogP contribution in [0.5, 0.6) is 11.5 Å². The molecule has 3 nitrogen and oxygen atoms in total. The molecule has 2 unspecified atom stereocenters. The highest BCUT2D eigenvalue weighted by molar-refractivity contribution is 5.48. The van der Waals surface area contributed by atoms with E-state index in [1.54, 1.807) is 6.92 Å². The molecule has 2 heterocycles. The van der Waals surface area contributed by atoms with Gasteiger partial charge in [0.15, 0.2) is 11.5 Å². The molecule has 0 aromatic heterocycles. The van der Waals surface area contributed by atoms with Crippen molar-refractivity contribution in [3.8, 4) is 11.5 Å². The van der Waals surface area contributed by atoms with Gasteiger partial charge in [0.2, 0.25) is 0 Å². The van der Waals surface area contributed by atoms with Crippen LogP contribution >= 0.6 is 0 Å². The van der Waals surface area contributed by atoms with Gasteiger partial charge in [-0.1, -0.05) is 0 Å². The molecule has 2 aliphatic rings. The van der Waals surface area contributed by atoms with E-state index >= 15 is 0 Å². The van der Waals surface area contributed by atoms with Crippen molar-refractivity contribution in [3.63, 3.8) is 0 Å². The Balaban J connectivity index is 1.87. The van der Waals surface area contributed by atoms with Crippen molar-refractivity contribution in [2.75, 3.05) is 26.3 Å². The number of piperidine rings is 1. The minimum Gasteiger partial charge on any atom is -0.490 e. The van der Waals surface area contributed by atoms with Crippen LogP contribution in [-0.2, 0) is 6.42 Å². The van der Waals surface area contributed by atoms with Crippen LogP contribution in [0.15, 0.2) is 12.1 Å². The average Bonchev–Trinajstić information content (AvgIpc) is 2.72. The second-order valence-electron chi connectivity index (χ2n) is 6.08. The van der Waals surface area contributed by atoms with E-state index in [9.17, 15) is 4.39 Å². The summed E-state index contributed by atoms with van der Waals surface area (Å²) in [7, 11) is 0. The van der Waals surface area contributed by atoms with Crippen molar-refractivity contribution in [2.24, 2.45) is 5.92 Å². The van der Waals surface area contributed by atoms with Crippen LogP contribution in [0.4, 0.5) is 4.39 Å². The van der Waals surface area contributed by atoms with Crippen LogP contribution in [0.25, 0.3) is 0 Å². The van der Waals surface area contributed by atoms with Crippen molar-refractivity contribution < 1.29 is 13.9 Å². The molecule has 1 aromatic carbocycles. The van der Waals surface area contributed by atoms with Crippen LogP contribution in [0.2, 0.25) is 0 Å². The predicted octanol–water partition coefficient (Wildman–Crippen LogP) is 3.42. The van der Waals surface area contributed by atoms with Gasteiger partial charge in [0.05, 0.1) is 13.2 Å². The molecule has 0 radical (unpaired) electrons. The van der Waals surface area contributed by atoms with Crippen LogP contribution in [0.1, 0.15) is 43.5 Å². The molecule has 0 bridgehead atoms. The third-order valence-electron chi connectivity index (χ3n) is 4.35. The minimum atomic E-state index is -0.978. The van der Waals surface area contributed by atoms with E-state index in [1.165, 1.54) is 12.8 Å². The maximum atomic E-state index is 14.0. The topological polar surface area (TPSA) is 30.5 Å². The highest BCUT2D eigenvalue weighted by Crippen LogP contribution is 2.37. The SMILES string of the molecule is CC(F)c1cc2c(cc1CC1CCCNC1)OCCCO2. The van der Waals surface area contributed by atoms with Crippen molar-refractivity contribution in [3.05, 3.63) is 23.3 Å². The van der Waals surface area contributed by atoms with Crippen LogP contribution in [0, 0.1) is 5.92 Å². The Kier molecular flexibility index (Phi) is 4.63. The Morgan fingerprint density at radius 2 is 2.00 bits per heavy atom. The molecule has 0 amide bonds. The molecule has 1 N–H and O–H groups in total. The van der Waals surface area contributed by atoms with Gasteiger partial charge in [0.1, 0.15) is 6.17 Å². The molecular formula is C17H24FNO2. The molecule has 3 rings (SSSR count). The fraction of sp³-hybridized carbons (Fsp3) is 0.647. The van der Waals surface area contributed by atoms with Gasteiger partial charge in [-0.25, -0.2) is 4.39 Å². The molecule has 0 spiro atoms. The van der Waals surface area contributed by atoms with Crippen LogP contribution in [-0.4, -0.2) is 26.3 Å². The highest BCUT2D eigenvalue weighted by atomic mass is 19.1. The van der Waals surface area contributed by atoms with Gasteiger partial charge < -0.3 is 14.8 Å². The molecule has 4 heteroatoms. The van der Waals surface area contributed by atoms with E-state index in [2.05, 4.69) is 5.32 Å². The minimum absolute atomic E-state index is 0.584. The summed E-state index contributed by atoms with van der Waals surface area (Å²) in [6.07, 6.45) is 3.22. The summed E-state index contributed by atoms with van der Waals surface area (Å²) in [5.41, 5.74) is 1.83. The van der Waals surface area contributed by atoms with Gasteiger partial charge in [0, 0.05) is 6.42 Å². The summed E-state index contributed by atoms with van der Waals surface area (Å²) in [4.78, 5) is 0. The summed E-state index contributed by atoms with van der Waals surface area (Å²) in [5, 5.41) is 3.43. The third kappa shape index (κ3) is 3.49. The molecule has 2 atom stereocenters. The Labute approximate surface area is 125 Å². The molecule has 116 valence electrons. The Morgan fingerprint density at radius 1 is 1.24 bits per heavy atom. The normalized spacial score (nSPS) is 23.4. The first kappa shape index (κ1) is 14.6. The molecule has 0 aliphatic carbocycles. The molecule has 1 fully saturated rings. The summed E-state index contributed by atoms with van der Waals surface area (Å²) in [5.74, 6) is 2.05. The van der Waals surface area contributed by atoms with Crippen LogP contribution < -0.4 is 14.8 Å². The average molecular weight is 293 g/mol. The number of halogens is 1. The first-order valence-electron chi connectivity index (χ1n) is 8.01.